The van der Waals surface area contributed by atoms with E-state index in [1.807, 2.05) is 0 Å². The van der Waals surface area contributed by atoms with Crippen LogP contribution in [0.4, 0.5) is 4.39 Å². The first-order valence-electron chi connectivity index (χ1n) is 5.28. The Morgan fingerprint density at radius 2 is 2.20 bits per heavy atom. The van der Waals surface area contributed by atoms with Crippen LogP contribution in [0.25, 0.3) is 0 Å². The quantitative estimate of drug-likeness (QED) is 0.788. The van der Waals surface area contributed by atoms with Gasteiger partial charge in [-0.1, -0.05) is 18.2 Å². The van der Waals surface area contributed by atoms with Crippen LogP contribution >= 0.6 is 0 Å². The maximum atomic E-state index is 13.3. The Labute approximate surface area is 88.5 Å². The minimum atomic E-state index is -0.212. The van der Waals surface area contributed by atoms with E-state index >= 15 is 0 Å². The monoisotopic (exact) mass is 207 g/mol. The molecule has 0 radical (unpaired) electrons. The molecule has 1 aromatic rings. The number of hydrogen-bond donors (Lipinski definition) is 1. The van der Waals surface area contributed by atoms with Crippen LogP contribution in [-0.2, 0) is 11.2 Å². The van der Waals surface area contributed by atoms with Crippen molar-refractivity contribution in [1.82, 2.24) is 5.32 Å². The summed E-state index contributed by atoms with van der Waals surface area (Å²) >= 11 is 0. The van der Waals surface area contributed by atoms with Gasteiger partial charge in [0.25, 0.3) is 0 Å². The van der Waals surface area contributed by atoms with Crippen LogP contribution in [-0.4, -0.2) is 12.5 Å². The predicted molar refractivity (Wildman–Crippen MR) is 55.8 cm³/mol. The summed E-state index contributed by atoms with van der Waals surface area (Å²) in [4.78, 5) is 11.5. The van der Waals surface area contributed by atoms with Gasteiger partial charge in [-0.05, 0) is 30.9 Å². The highest BCUT2D eigenvalue weighted by Crippen LogP contribution is 2.19. The second-order valence-electron chi connectivity index (χ2n) is 3.93. The number of hydrogen-bond acceptors (Lipinski definition) is 1. The van der Waals surface area contributed by atoms with Crippen molar-refractivity contribution in [2.24, 2.45) is 5.92 Å². The molecule has 0 aromatic heterocycles. The number of benzene rings is 1. The lowest BCUT2D eigenvalue weighted by Crippen LogP contribution is -2.37. The fraction of sp³-hybridized carbons (Fsp3) is 0.417. The normalized spacial score (nSPS) is 21.1. The van der Waals surface area contributed by atoms with Crippen molar-refractivity contribution in [3.05, 3.63) is 35.6 Å². The zero-order chi connectivity index (χ0) is 10.7. The van der Waals surface area contributed by atoms with Crippen molar-refractivity contribution >= 4 is 5.91 Å². The van der Waals surface area contributed by atoms with Crippen LogP contribution in [0.5, 0.6) is 0 Å². The molecule has 1 aliphatic rings. The van der Waals surface area contributed by atoms with E-state index in [0.29, 0.717) is 12.0 Å². The lowest BCUT2D eigenvalue weighted by Gasteiger charge is -2.21. The molecule has 1 amide bonds. The van der Waals surface area contributed by atoms with Gasteiger partial charge in [0.05, 0.1) is 0 Å². The summed E-state index contributed by atoms with van der Waals surface area (Å²) in [7, 11) is 0. The molecule has 0 spiro atoms. The first-order valence-corrected chi connectivity index (χ1v) is 5.28. The van der Waals surface area contributed by atoms with E-state index in [1.165, 1.54) is 6.07 Å². The number of carbonyl (C=O) groups is 1. The average Bonchev–Trinajstić information content (AvgIpc) is 2.24. The van der Waals surface area contributed by atoms with Crippen LogP contribution < -0.4 is 5.32 Å². The van der Waals surface area contributed by atoms with E-state index in [0.717, 1.165) is 19.4 Å². The van der Waals surface area contributed by atoms with Gasteiger partial charge in [0.1, 0.15) is 5.82 Å². The summed E-state index contributed by atoms with van der Waals surface area (Å²) in [6.45, 7) is 0.757. The first-order chi connectivity index (χ1) is 7.27. The third kappa shape index (κ3) is 2.35. The molecule has 1 aromatic carbocycles. The highest BCUT2D eigenvalue weighted by molar-refractivity contribution is 5.79. The molecule has 0 saturated carbocycles. The molecule has 2 nitrogen and oxygen atoms in total. The fourth-order valence-electron chi connectivity index (χ4n) is 1.96. The van der Waals surface area contributed by atoms with E-state index in [2.05, 4.69) is 5.32 Å². The molecule has 2 rings (SSSR count). The van der Waals surface area contributed by atoms with E-state index < -0.39 is 0 Å². The third-order valence-electron chi connectivity index (χ3n) is 2.82. The van der Waals surface area contributed by atoms with Crippen LogP contribution in [0, 0.1) is 11.7 Å². The Morgan fingerprint density at radius 1 is 1.40 bits per heavy atom. The van der Waals surface area contributed by atoms with Crippen molar-refractivity contribution < 1.29 is 9.18 Å². The summed E-state index contributed by atoms with van der Waals surface area (Å²) < 4.78 is 13.3. The molecule has 1 heterocycles. The topological polar surface area (TPSA) is 29.1 Å². The number of rotatable bonds is 2. The molecule has 1 fully saturated rings. The van der Waals surface area contributed by atoms with Crippen molar-refractivity contribution in [2.75, 3.05) is 6.54 Å². The number of piperidine rings is 1. The minimum absolute atomic E-state index is 0.0596. The van der Waals surface area contributed by atoms with Crippen LogP contribution in [0.2, 0.25) is 0 Å². The van der Waals surface area contributed by atoms with Gasteiger partial charge in [0, 0.05) is 12.5 Å². The molecule has 15 heavy (non-hydrogen) atoms. The molecule has 0 unspecified atom stereocenters. The standard InChI is InChI=1S/C12H14FNO/c13-11-6-2-1-4-9(11)8-10-5-3-7-14-12(10)15/h1-2,4,6,10H,3,5,7-8H2,(H,14,15)/t10-/m0/s1. The van der Waals surface area contributed by atoms with Gasteiger partial charge in [-0.25, -0.2) is 4.39 Å². The van der Waals surface area contributed by atoms with Gasteiger partial charge >= 0.3 is 0 Å². The summed E-state index contributed by atoms with van der Waals surface area (Å²) in [5.74, 6) is -0.212. The summed E-state index contributed by atoms with van der Waals surface area (Å²) in [5, 5.41) is 2.81. The molecule has 80 valence electrons. The first kappa shape index (κ1) is 10.1. The molecule has 1 N–H and O–H groups in total. The van der Waals surface area contributed by atoms with Gasteiger partial charge in [-0.15, -0.1) is 0 Å². The molecule has 3 heteroatoms. The molecular weight excluding hydrogens is 193 g/mol. The van der Waals surface area contributed by atoms with Gasteiger partial charge in [-0.2, -0.15) is 0 Å². The predicted octanol–water partition coefficient (Wildman–Crippen LogP) is 1.89. The second-order valence-corrected chi connectivity index (χ2v) is 3.93. The van der Waals surface area contributed by atoms with Crippen molar-refractivity contribution in [2.45, 2.75) is 19.3 Å². The number of amides is 1. The third-order valence-corrected chi connectivity index (χ3v) is 2.82. The minimum Gasteiger partial charge on any atom is -0.356 e. The summed E-state index contributed by atoms with van der Waals surface area (Å²) in [5.41, 5.74) is 0.638. The molecule has 1 aliphatic heterocycles. The van der Waals surface area contributed by atoms with E-state index in [1.54, 1.807) is 18.2 Å². The van der Waals surface area contributed by atoms with Gasteiger partial charge in [-0.3, -0.25) is 4.79 Å². The zero-order valence-electron chi connectivity index (χ0n) is 8.50. The lowest BCUT2D eigenvalue weighted by molar-refractivity contribution is -0.126. The van der Waals surface area contributed by atoms with E-state index in [-0.39, 0.29) is 17.6 Å². The molecule has 0 aliphatic carbocycles. The van der Waals surface area contributed by atoms with Crippen LogP contribution in [0.15, 0.2) is 24.3 Å². The smallest absolute Gasteiger partial charge is 0.223 e. The van der Waals surface area contributed by atoms with Crippen molar-refractivity contribution in [1.29, 1.82) is 0 Å². The van der Waals surface area contributed by atoms with Crippen molar-refractivity contribution in [3.63, 3.8) is 0 Å². The van der Waals surface area contributed by atoms with Crippen LogP contribution in [0.3, 0.4) is 0 Å². The molecule has 0 bridgehead atoms. The van der Waals surface area contributed by atoms with Gasteiger partial charge in [0.2, 0.25) is 5.91 Å². The molecular formula is C12H14FNO. The maximum absolute atomic E-state index is 13.3. The number of nitrogens with one attached hydrogen (secondary N) is 1. The fourth-order valence-corrected chi connectivity index (χ4v) is 1.96. The van der Waals surface area contributed by atoms with E-state index in [9.17, 15) is 9.18 Å². The highest BCUT2D eigenvalue weighted by atomic mass is 19.1. The molecule has 1 saturated heterocycles. The molecule has 1 atom stereocenters. The van der Waals surface area contributed by atoms with Gasteiger partial charge < -0.3 is 5.32 Å². The van der Waals surface area contributed by atoms with Crippen LogP contribution in [0.1, 0.15) is 18.4 Å². The highest BCUT2D eigenvalue weighted by Gasteiger charge is 2.22. The largest absolute Gasteiger partial charge is 0.356 e. The second kappa shape index (κ2) is 4.43. The Bertz CT molecular complexity index is 364. The Morgan fingerprint density at radius 3 is 2.93 bits per heavy atom. The van der Waals surface area contributed by atoms with Gasteiger partial charge in [0.15, 0.2) is 0 Å². The van der Waals surface area contributed by atoms with Crippen molar-refractivity contribution in [3.8, 4) is 0 Å². The lowest BCUT2D eigenvalue weighted by atomic mass is 9.91. The Hall–Kier alpha value is -1.38. The summed E-state index contributed by atoms with van der Waals surface area (Å²) in [6, 6.07) is 6.66. The average molecular weight is 207 g/mol. The maximum Gasteiger partial charge on any atom is 0.223 e. The van der Waals surface area contributed by atoms with E-state index in [4.69, 9.17) is 0 Å². The SMILES string of the molecule is O=C1NCCC[C@H]1Cc1ccccc1F. The Kier molecular flexibility index (Phi) is 2.99. The zero-order valence-corrected chi connectivity index (χ0v) is 8.50. The summed E-state index contributed by atoms with van der Waals surface area (Å²) in [6.07, 6.45) is 2.36. The number of carbonyl (C=O) groups excluding carboxylic acids is 1. The number of halogens is 1. The Balaban J connectivity index is 2.08.